The number of hydrogen-bond donors (Lipinski definition) is 0. The minimum absolute atomic E-state index is 0.0754. The normalized spacial score (nSPS) is 19.5. The lowest BCUT2D eigenvalue weighted by atomic mass is 9.99. The molecule has 2 aliphatic rings. The van der Waals surface area contributed by atoms with Gasteiger partial charge in [-0.3, -0.25) is 4.99 Å². The second-order valence-corrected chi connectivity index (χ2v) is 7.06. The maximum absolute atomic E-state index is 5.66. The Morgan fingerprint density at radius 3 is 2.88 bits per heavy atom. The maximum Gasteiger partial charge on any atom is 0.134 e. The lowest BCUT2D eigenvalue weighted by Crippen LogP contribution is -2.50. The number of anilines is 1. The number of benzene rings is 2. The van der Waals surface area contributed by atoms with Crippen molar-refractivity contribution < 1.29 is 4.74 Å². The lowest BCUT2D eigenvalue weighted by molar-refractivity contribution is 0.282. The van der Waals surface area contributed by atoms with Crippen molar-refractivity contribution in [3.63, 3.8) is 0 Å². The molecule has 0 saturated carbocycles. The molecule has 0 radical (unpaired) electrons. The Morgan fingerprint density at radius 1 is 1.21 bits per heavy atom. The van der Waals surface area contributed by atoms with Gasteiger partial charge in [0.1, 0.15) is 17.8 Å². The Morgan fingerprint density at radius 2 is 2.04 bits per heavy atom. The number of ether oxygens (including phenoxy) is 1. The van der Waals surface area contributed by atoms with E-state index in [0.717, 1.165) is 41.1 Å². The molecule has 0 aromatic heterocycles. The summed E-state index contributed by atoms with van der Waals surface area (Å²) < 4.78 is 6.71. The number of para-hydroxylation sites is 1. The van der Waals surface area contributed by atoms with E-state index in [9.17, 15) is 0 Å². The van der Waals surface area contributed by atoms with Crippen LogP contribution in [0.4, 0.5) is 5.69 Å². The Bertz CT molecular complexity index is 805. The highest BCUT2D eigenvalue weighted by Gasteiger charge is 2.37. The summed E-state index contributed by atoms with van der Waals surface area (Å²) in [5.74, 6) is 2.00. The van der Waals surface area contributed by atoms with Gasteiger partial charge in [0.2, 0.25) is 0 Å². The van der Waals surface area contributed by atoms with Crippen LogP contribution >= 0.6 is 15.9 Å². The molecule has 0 amide bonds. The van der Waals surface area contributed by atoms with Gasteiger partial charge in [0.05, 0.1) is 7.11 Å². The van der Waals surface area contributed by atoms with E-state index in [1.165, 1.54) is 11.3 Å². The first-order valence-corrected chi connectivity index (χ1v) is 8.97. The maximum atomic E-state index is 5.66. The molecule has 1 unspecified atom stereocenters. The molecule has 1 atom stereocenters. The van der Waals surface area contributed by atoms with Crippen molar-refractivity contribution >= 4 is 27.5 Å². The fourth-order valence-electron chi connectivity index (χ4n) is 3.70. The quantitative estimate of drug-likeness (QED) is 0.779. The summed E-state index contributed by atoms with van der Waals surface area (Å²) in [7, 11) is 3.88. The van der Waals surface area contributed by atoms with Crippen LogP contribution < -0.4 is 9.64 Å². The van der Waals surface area contributed by atoms with E-state index in [-0.39, 0.29) is 6.17 Å². The Balaban J connectivity index is 1.92. The van der Waals surface area contributed by atoms with Crippen LogP contribution in [0, 0.1) is 0 Å². The third-order valence-corrected chi connectivity index (χ3v) is 5.24. The van der Waals surface area contributed by atoms with E-state index >= 15 is 0 Å². The van der Waals surface area contributed by atoms with Crippen LogP contribution in [0.15, 0.2) is 51.9 Å². The summed E-state index contributed by atoms with van der Waals surface area (Å²) in [5, 5.41) is 0. The second kappa shape index (κ2) is 6.13. The fourth-order valence-corrected chi connectivity index (χ4v) is 4.07. The topological polar surface area (TPSA) is 28.1 Å². The highest BCUT2D eigenvalue weighted by atomic mass is 79.9. The van der Waals surface area contributed by atoms with E-state index in [1.807, 2.05) is 12.1 Å². The van der Waals surface area contributed by atoms with Gasteiger partial charge in [-0.25, -0.2) is 0 Å². The third kappa shape index (κ3) is 2.38. The first kappa shape index (κ1) is 15.5. The molecule has 0 spiro atoms. The minimum atomic E-state index is 0.0754. The molecular weight excluding hydrogens is 366 g/mol. The third-order valence-electron chi connectivity index (χ3n) is 4.75. The van der Waals surface area contributed by atoms with Crippen LogP contribution in [0.3, 0.4) is 0 Å². The Labute approximate surface area is 150 Å². The van der Waals surface area contributed by atoms with Crippen LogP contribution in [0.25, 0.3) is 0 Å². The van der Waals surface area contributed by atoms with E-state index < -0.39 is 0 Å². The van der Waals surface area contributed by atoms with Gasteiger partial charge in [0.15, 0.2) is 0 Å². The van der Waals surface area contributed by atoms with E-state index in [2.05, 4.69) is 63.1 Å². The van der Waals surface area contributed by atoms with Crippen molar-refractivity contribution in [2.24, 2.45) is 4.99 Å². The smallest absolute Gasteiger partial charge is 0.134 e. The fraction of sp³-hybridized carbons (Fsp3) is 0.316. The van der Waals surface area contributed by atoms with Crippen LogP contribution in [-0.2, 0) is 0 Å². The number of fused-ring (bicyclic) bond motifs is 3. The standard InChI is InChI=1S/C19H20BrN3O/c1-22-16-7-4-3-6-14(16)18-21-10-5-11-23(18)19(22)15-12-13(20)8-9-17(15)24-2/h3-4,6-9,12,19H,5,10-11H2,1-2H3. The number of nitrogens with zero attached hydrogens (tertiary/aromatic N) is 3. The number of rotatable bonds is 2. The van der Waals surface area contributed by atoms with Crippen molar-refractivity contribution in [3.05, 3.63) is 58.1 Å². The predicted molar refractivity (Wildman–Crippen MR) is 101 cm³/mol. The van der Waals surface area contributed by atoms with Gasteiger partial charge in [0.25, 0.3) is 0 Å². The molecule has 2 aromatic carbocycles. The molecule has 4 nitrogen and oxygen atoms in total. The molecule has 5 heteroatoms. The molecule has 4 rings (SSSR count). The molecule has 124 valence electrons. The summed E-state index contributed by atoms with van der Waals surface area (Å²) in [6.45, 7) is 1.89. The first-order chi connectivity index (χ1) is 11.7. The van der Waals surface area contributed by atoms with E-state index in [0.29, 0.717) is 0 Å². The summed E-state index contributed by atoms with van der Waals surface area (Å²) in [5.41, 5.74) is 3.57. The molecule has 2 heterocycles. The molecule has 24 heavy (non-hydrogen) atoms. The zero-order valence-corrected chi connectivity index (χ0v) is 15.5. The van der Waals surface area contributed by atoms with Crippen LogP contribution in [0.1, 0.15) is 23.7 Å². The Kier molecular flexibility index (Phi) is 3.96. The highest BCUT2D eigenvalue weighted by molar-refractivity contribution is 9.10. The summed E-state index contributed by atoms with van der Waals surface area (Å²) in [6, 6.07) is 14.7. The average Bonchev–Trinajstić information content (AvgIpc) is 2.62. The molecule has 0 saturated heterocycles. The van der Waals surface area contributed by atoms with Gasteiger partial charge >= 0.3 is 0 Å². The van der Waals surface area contributed by atoms with E-state index in [1.54, 1.807) is 7.11 Å². The van der Waals surface area contributed by atoms with Crippen molar-refractivity contribution in [1.29, 1.82) is 0 Å². The molecular formula is C19H20BrN3O. The number of aliphatic imine (C=N–C) groups is 1. The predicted octanol–water partition coefficient (Wildman–Crippen LogP) is 4.06. The SMILES string of the molecule is COc1ccc(Br)cc1C1N2CCCN=C2c2ccccc2N1C. The number of halogens is 1. The number of hydrogen-bond acceptors (Lipinski definition) is 4. The van der Waals surface area contributed by atoms with Crippen LogP contribution in [0.2, 0.25) is 0 Å². The molecule has 2 aromatic rings. The van der Waals surface area contributed by atoms with Crippen LogP contribution in [0.5, 0.6) is 5.75 Å². The Hall–Kier alpha value is -2.01. The largest absolute Gasteiger partial charge is 0.496 e. The van der Waals surface area contributed by atoms with Gasteiger partial charge in [0, 0.05) is 41.4 Å². The minimum Gasteiger partial charge on any atom is -0.496 e. The molecule has 2 aliphatic heterocycles. The first-order valence-electron chi connectivity index (χ1n) is 8.17. The summed E-state index contributed by atoms with van der Waals surface area (Å²) in [4.78, 5) is 9.57. The van der Waals surface area contributed by atoms with Crippen molar-refractivity contribution in [3.8, 4) is 5.75 Å². The van der Waals surface area contributed by atoms with Gasteiger partial charge in [-0.1, -0.05) is 28.1 Å². The second-order valence-electron chi connectivity index (χ2n) is 6.14. The van der Waals surface area contributed by atoms with Gasteiger partial charge < -0.3 is 14.5 Å². The van der Waals surface area contributed by atoms with Crippen molar-refractivity contribution in [2.45, 2.75) is 12.6 Å². The highest BCUT2D eigenvalue weighted by Crippen LogP contribution is 2.42. The van der Waals surface area contributed by atoms with Gasteiger partial charge in [-0.2, -0.15) is 0 Å². The molecule has 0 bridgehead atoms. The molecule has 0 fully saturated rings. The lowest BCUT2D eigenvalue weighted by Gasteiger charge is -2.47. The average molecular weight is 386 g/mol. The number of amidine groups is 1. The zero-order chi connectivity index (χ0) is 16.7. The van der Waals surface area contributed by atoms with Gasteiger partial charge in [-0.05, 0) is 36.8 Å². The molecule has 0 N–H and O–H groups in total. The van der Waals surface area contributed by atoms with Crippen molar-refractivity contribution in [2.75, 3.05) is 32.1 Å². The zero-order valence-electron chi connectivity index (χ0n) is 13.9. The number of methoxy groups -OCH3 is 1. The monoisotopic (exact) mass is 385 g/mol. The molecule has 0 aliphatic carbocycles. The van der Waals surface area contributed by atoms with Crippen molar-refractivity contribution in [1.82, 2.24) is 4.90 Å². The van der Waals surface area contributed by atoms with Gasteiger partial charge in [-0.15, -0.1) is 0 Å². The summed E-state index contributed by atoms with van der Waals surface area (Å²) >= 11 is 3.61. The summed E-state index contributed by atoms with van der Waals surface area (Å²) in [6.07, 6.45) is 1.15. The van der Waals surface area contributed by atoms with Crippen LogP contribution in [-0.4, -0.2) is 38.0 Å². The van der Waals surface area contributed by atoms with E-state index in [4.69, 9.17) is 9.73 Å².